The summed E-state index contributed by atoms with van der Waals surface area (Å²) in [5.41, 5.74) is 1.72. The molecule has 44 heavy (non-hydrogen) atoms. The summed E-state index contributed by atoms with van der Waals surface area (Å²) in [6.45, 7) is 6.45. The molecule has 1 aliphatic heterocycles. The van der Waals surface area contributed by atoms with E-state index in [1.54, 1.807) is 0 Å². The number of rotatable bonds is 12. The van der Waals surface area contributed by atoms with Crippen molar-refractivity contribution < 1.29 is 13.9 Å². The van der Waals surface area contributed by atoms with Gasteiger partial charge in [0.15, 0.2) is 0 Å². The molecule has 1 saturated carbocycles. The summed E-state index contributed by atoms with van der Waals surface area (Å²) in [6.07, 6.45) is 8.32. The molecule has 3 aromatic rings. The first-order valence-corrected chi connectivity index (χ1v) is 15.3. The van der Waals surface area contributed by atoms with Crippen molar-refractivity contribution in [2.45, 2.75) is 77.1 Å². The third-order valence-corrected chi connectivity index (χ3v) is 8.44. The fraction of sp³-hybridized carbons (Fsp3) is 0.531. The number of anilines is 2. The molecule has 4 N–H and O–H groups in total. The Hall–Kier alpha value is -3.92. The maximum absolute atomic E-state index is 13.1. The maximum Gasteiger partial charge on any atom is 0.287 e. The average molecular weight is 605 g/mol. The van der Waals surface area contributed by atoms with Gasteiger partial charge in [-0.05, 0) is 76.1 Å². The summed E-state index contributed by atoms with van der Waals surface area (Å²) in [4.78, 5) is 27.1. The van der Waals surface area contributed by atoms with Crippen LogP contribution in [0.25, 0.3) is 11.3 Å². The molecule has 2 aliphatic rings. The minimum Gasteiger partial charge on any atom is -0.381 e. The van der Waals surface area contributed by atoms with Crippen molar-refractivity contribution in [3.05, 3.63) is 64.2 Å². The van der Waals surface area contributed by atoms with E-state index in [2.05, 4.69) is 50.0 Å². The van der Waals surface area contributed by atoms with Gasteiger partial charge < -0.3 is 30.4 Å². The summed E-state index contributed by atoms with van der Waals surface area (Å²) >= 11 is 0. The zero-order chi connectivity index (χ0) is 30.9. The molecule has 1 saturated heterocycles. The van der Waals surface area contributed by atoms with Gasteiger partial charge >= 0.3 is 0 Å². The summed E-state index contributed by atoms with van der Waals surface area (Å²) in [5.74, 6) is 0.992. The van der Waals surface area contributed by atoms with E-state index in [1.165, 1.54) is 0 Å². The molecule has 1 atom stereocenters. The van der Waals surface area contributed by atoms with Crippen LogP contribution < -0.4 is 21.5 Å². The van der Waals surface area contributed by atoms with Gasteiger partial charge in [0.1, 0.15) is 24.1 Å². The van der Waals surface area contributed by atoms with E-state index in [9.17, 15) is 14.4 Å². The second-order valence-corrected chi connectivity index (χ2v) is 11.9. The number of ether oxygens (including phenoxy) is 2. The van der Waals surface area contributed by atoms with Crippen molar-refractivity contribution in [3.63, 3.8) is 0 Å². The van der Waals surface area contributed by atoms with E-state index >= 15 is 0 Å². The minimum absolute atomic E-state index is 0.123. The number of aromatic amines is 1. The molecule has 1 aliphatic carbocycles. The van der Waals surface area contributed by atoms with Crippen molar-refractivity contribution >= 4 is 11.6 Å². The van der Waals surface area contributed by atoms with Gasteiger partial charge in [0.05, 0.1) is 30.0 Å². The number of nitrogens with one attached hydrogen (secondary N) is 4. The number of hydrogen-bond donors (Lipinski definition) is 4. The highest BCUT2D eigenvalue weighted by molar-refractivity contribution is 5.68. The lowest BCUT2D eigenvalue weighted by atomic mass is 9.82. The van der Waals surface area contributed by atoms with Crippen molar-refractivity contribution in [2.24, 2.45) is 5.41 Å². The van der Waals surface area contributed by atoms with Gasteiger partial charge in [-0.25, -0.2) is 15.0 Å². The maximum atomic E-state index is 13.1. The number of halogens is 1. The van der Waals surface area contributed by atoms with Gasteiger partial charge in [-0.2, -0.15) is 9.65 Å². The molecule has 4 heterocycles. The topological polar surface area (TPSA) is 150 Å². The molecule has 0 amide bonds. The average Bonchev–Trinajstić information content (AvgIpc) is 3.04. The van der Waals surface area contributed by atoms with Crippen LogP contribution in [-0.2, 0) is 16.1 Å². The van der Waals surface area contributed by atoms with Crippen molar-refractivity contribution in [1.29, 1.82) is 5.26 Å². The third-order valence-electron chi connectivity index (χ3n) is 8.44. The van der Waals surface area contributed by atoms with Gasteiger partial charge in [0.2, 0.25) is 5.82 Å². The molecule has 5 rings (SSSR count). The normalized spacial score (nSPS) is 20.4. The molecular formula is C32H41FN8O3. The Kier molecular flexibility index (Phi) is 10.5. The molecule has 0 aromatic carbocycles. The molecule has 0 bridgehead atoms. The Morgan fingerprint density at radius 2 is 1.93 bits per heavy atom. The van der Waals surface area contributed by atoms with Gasteiger partial charge in [0.25, 0.3) is 5.56 Å². The largest absolute Gasteiger partial charge is 0.381 e. The monoisotopic (exact) mass is 604 g/mol. The van der Waals surface area contributed by atoms with Gasteiger partial charge in [-0.3, -0.25) is 4.79 Å². The minimum atomic E-state index is -0.903. The van der Waals surface area contributed by atoms with E-state index in [0.717, 1.165) is 73.2 Å². The molecule has 0 radical (unpaired) electrons. The molecule has 3 aromatic heterocycles. The predicted octanol–water partition coefficient (Wildman–Crippen LogP) is 4.32. The highest BCUT2D eigenvalue weighted by atomic mass is 19.1. The van der Waals surface area contributed by atoms with Crippen molar-refractivity contribution in [2.75, 3.05) is 37.0 Å². The number of aryl methyl sites for hydroxylation is 1. The van der Waals surface area contributed by atoms with Crippen LogP contribution in [0.5, 0.6) is 0 Å². The van der Waals surface area contributed by atoms with Gasteiger partial charge in [0, 0.05) is 49.6 Å². The number of hydrogen-bond acceptors (Lipinski definition) is 10. The van der Waals surface area contributed by atoms with E-state index in [1.807, 2.05) is 31.3 Å². The number of nitriles is 1. The van der Waals surface area contributed by atoms with E-state index in [0.29, 0.717) is 44.3 Å². The lowest BCUT2D eigenvalue weighted by molar-refractivity contribution is 0.0455. The predicted molar refractivity (Wildman–Crippen MR) is 166 cm³/mol. The second kappa shape index (κ2) is 14.7. The lowest BCUT2D eigenvalue weighted by Gasteiger charge is -2.32. The standard InChI is InChI=1S/C32H41FN8O3/c1-21-15-35-29(14-25(21)27-4-3-5-28(40-27)37-20-32(19-34)10-12-43-13-11-32)39-24-8-6-23(7-9-24)38-22(2)17-44-18-30-36-16-26(33)31(42)41-30/h3-5,14-16,22-24,38H,6-13,17-18,20H2,1-2H3,(H,35,39)(H,37,40)(H,36,41,42)/t22-,23-,24-/m1/s1. The van der Waals surface area contributed by atoms with Crippen LogP contribution in [-0.4, -0.2) is 64.4 Å². The third kappa shape index (κ3) is 8.37. The first-order valence-electron chi connectivity index (χ1n) is 15.3. The summed E-state index contributed by atoms with van der Waals surface area (Å²) in [6, 6.07) is 11.3. The quantitative estimate of drug-likeness (QED) is 0.235. The van der Waals surface area contributed by atoms with Crippen molar-refractivity contribution in [3.8, 4) is 17.3 Å². The van der Waals surface area contributed by atoms with Crippen molar-refractivity contribution in [1.82, 2.24) is 25.3 Å². The number of nitrogens with zero attached hydrogens (tertiary/aromatic N) is 4. The zero-order valence-electron chi connectivity index (χ0n) is 25.4. The fourth-order valence-electron chi connectivity index (χ4n) is 5.80. The smallest absolute Gasteiger partial charge is 0.287 e. The first-order chi connectivity index (χ1) is 21.3. The fourth-order valence-corrected chi connectivity index (χ4v) is 5.80. The van der Waals surface area contributed by atoms with Crippen LogP contribution in [0.3, 0.4) is 0 Å². The first kappa shape index (κ1) is 31.5. The molecular weight excluding hydrogens is 563 g/mol. The summed E-state index contributed by atoms with van der Waals surface area (Å²) in [5, 5.41) is 20.4. The van der Waals surface area contributed by atoms with Crippen LogP contribution in [0.15, 0.2) is 41.5 Å². The molecule has 11 nitrogen and oxygen atoms in total. The molecule has 2 fully saturated rings. The van der Waals surface area contributed by atoms with E-state index in [-0.39, 0.29) is 12.6 Å². The number of H-pyrrole nitrogens is 1. The molecule has 0 unspecified atom stereocenters. The van der Waals surface area contributed by atoms with Gasteiger partial charge in [-0.15, -0.1) is 0 Å². The zero-order valence-corrected chi connectivity index (χ0v) is 25.4. The summed E-state index contributed by atoms with van der Waals surface area (Å²) in [7, 11) is 0. The number of pyridine rings is 2. The van der Waals surface area contributed by atoms with E-state index in [4.69, 9.17) is 14.5 Å². The Morgan fingerprint density at radius 3 is 2.68 bits per heavy atom. The van der Waals surface area contributed by atoms with Gasteiger partial charge in [-0.1, -0.05) is 6.07 Å². The van der Waals surface area contributed by atoms with Crippen LogP contribution in [0, 0.1) is 29.5 Å². The Labute approximate surface area is 257 Å². The second-order valence-electron chi connectivity index (χ2n) is 11.9. The Morgan fingerprint density at radius 1 is 1.16 bits per heavy atom. The highest BCUT2D eigenvalue weighted by Gasteiger charge is 2.32. The van der Waals surface area contributed by atoms with Crippen LogP contribution in [0.1, 0.15) is 56.8 Å². The van der Waals surface area contributed by atoms with Crippen LogP contribution in [0.2, 0.25) is 0 Å². The molecule has 234 valence electrons. The van der Waals surface area contributed by atoms with Crippen LogP contribution in [0.4, 0.5) is 16.0 Å². The molecule has 0 spiro atoms. The summed E-state index contributed by atoms with van der Waals surface area (Å²) < 4.78 is 24.2. The number of aromatic nitrogens is 4. The van der Waals surface area contributed by atoms with Crippen LogP contribution >= 0.6 is 0 Å². The highest BCUT2D eigenvalue weighted by Crippen LogP contribution is 2.31. The molecule has 12 heteroatoms. The Bertz CT molecular complexity index is 1500. The Balaban J connectivity index is 1.09. The van der Waals surface area contributed by atoms with E-state index < -0.39 is 16.8 Å². The lowest BCUT2D eigenvalue weighted by Crippen LogP contribution is -2.43. The SMILES string of the molecule is Cc1cnc(N[C@H]2CC[C@H](N[C@H](C)COCc3ncc(F)c(=O)[nH]3)CC2)cc1-c1cccc(NCC2(C#N)CCOCC2)n1.